The number of carbonyl (C=O) groups is 1. The molecule has 0 unspecified atom stereocenters. The largest absolute Gasteiger partial charge is 0.349 e. The molecule has 3 heteroatoms. The number of hydrogen-bond donors (Lipinski definition) is 1. The Morgan fingerprint density at radius 2 is 2.11 bits per heavy atom. The third kappa shape index (κ3) is 3.10. The van der Waals surface area contributed by atoms with E-state index < -0.39 is 0 Å². The van der Waals surface area contributed by atoms with Gasteiger partial charge in [0.25, 0.3) is 0 Å². The second-order valence-corrected chi connectivity index (χ2v) is 5.21. The molecule has 1 aliphatic rings. The first-order valence-electron chi connectivity index (χ1n) is 6.67. The zero-order valence-electron chi connectivity index (χ0n) is 11.2. The summed E-state index contributed by atoms with van der Waals surface area (Å²) in [7, 11) is 3.65. The SMILES string of the molecule is CN(C)C(=O)C[C@H](c1ccccc1)[C@H]1CCCN1. The molecule has 2 rings (SSSR count). The maximum Gasteiger partial charge on any atom is 0.222 e. The molecule has 18 heavy (non-hydrogen) atoms. The van der Waals surface area contributed by atoms with Gasteiger partial charge in [-0.05, 0) is 24.9 Å². The Bertz CT molecular complexity index is 383. The van der Waals surface area contributed by atoms with Gasteiger partial charge in [-0.25, -0.2) is 0 Å². The lowest BCUT2D eigenvalue weighted by molar-refractivity contribution is -0.129. The summed E-state index contributed by atoms with van der Waals surface area (Å²) in [6.07, 6.45) is 2.97. The summed E-state index contributed by atoms with van der Waals surface area (Å²) >= 11 is 0. The van der Waals surface area contributed by atoms with Gasteiger partial charge in [0.05, 0.1) is 0 Å². The molecule has 3 nitrogen and oxygen atoms in total. The fourth-order valence-corrected chi connectivity index (χ4v) is 2.62. The summed E-state index contributed by atoms with van der Waals surface area (Å²) in [5.74, 6) is 0.501. The third-order valence-corrected chi connectivity index (χ3v) is 3.71. The molecule has 0 bridgehead atoms. The zero-order chi connectivity index (χ0) is 13.0. The fourth-order valence-electron chi connectivity index (χ4n) is 2.62. The Labute approximate surface area is 109 Å². The van der Waals surface area contributed by atoms with E-state index in [1.165, 1.54) is 18.4 Å². The topological polar surface area (TPSA) is 32.3 Å². The van der Waals surface area contributed by atoms with Crippen molar-refractivity contribution in [3.63, 3.8) is 0 Å². The van der Waals surface area contributed by atoms with Crippen LogP contribution in [0.2, 0.25) is 0 Å². The van der Waals surface area contributed by atoms with E-state index in [0.29, 0.717) is 18.4 Å². The second kappa shape index (κ2) is 6.01. The Hall–Kier alpha value is -1.35. The van der Waals surface area contributed by atoms with E-state index in [1.807, 2.05) is 20.2 Å². The van der Waals surface area contributed by atoms with Crippen LogP contribution in [-0.2, 0) is 4.79 Å². The van der Waals surface area contributed by atoms with E-state index in [-0.39, 0.29) is 5.91 Å². The van der Waals surface area contributed by atoms with Crippen molar-refractivity contribution >= 4 is 5.91 Å². The monoisotopic (exact) mass is 246 g/mol. The molecular formula is C15H22N2O. The summed E-state index contributed by atoms with van der Waals surface area (Å²) in [4.78, 5) is 13.7. The molecule has 0 saturated carbocycles. The van der Waals surface area contributed by atoms with Gasteiger partial charge >= 0.3 is 0 Å². The lowest BCUT2D eigenvalue weighted by Gasteiger charge is -2.25. The quantitative estimate of drug-likeness (QED) is 0.881. The molecule has 1 saturated heterocycles. The van der Waals surface area contributed by atoms with E-state index in [1.54, 1.807) is 4.90 Å². The standard InChI is InChI=1S/C15H22N2O/c1-17(2)15(18)11-13(14-9-6-10-16-14)12-7-4-3-5-8-12/h3-5,7-8,13-14,16H,6,9-11H2,1-2H3/t13-,14-/m1/s1. The van der Waals surface area contributed by atoms with Crippen molar-refractivity contribution in [2.75, 3.05) is 20.6 Å². The number of amides is 1. The van der Waals surface area contributed by atoms with Crippen LogP contribution >= 0.6 is 0 Å². The van der Waals surface area contributed by atoms with Crippen molar-refractivity contribution in [3.8, 4) is 0 Å². The highest BCUT2D eigenvalue weighted by atomic mass is 16.2. The lowest BCUT2D eigenvalue weighted by Crippen LogP contribution is -2.33. The van der Waals surface area contributed by atoms with E-state index in [9.17, 15) is 4.79 Å². The molecule has 1 amide bonds. The van der Waals surface area contributed by atoms with Crippen molar-refractivity contribution in [3.05, 3.63) is 35.9 Å². The minimum atomic E-state index is 0.206. The van der Waals surface area contributed by atoms with Gasteiger partial charge in [0.15, 0.2) is 0 Å². The van der Waals surface area contributed by atoms with Crippen molar-refractivity contribution < 1.29 is 4.79 Å². The first kappa shape index (κ1) is 13.1. The smallest absolute Gasteiger partial charge is 0.222 e. The molecule has 1 N–H and O–H groups in total. The lowest BCUT2D eigenvalue weighted by atomic mass is 9.87. The second-order valence-electron chi connectivity index (χ2n) is 5.21. The van der Waals surface area contributed by atoms with Crippen molar-refractivity contribution in [2.45, 2.75) is 31.2 Å². The maximum absolute atomic E-state index is 12.0. The van der Waals surface area contributed by atoms with Gasteiger partial charge in [-0.2, -0.15) is 0 Å². The average molecular weight is 246 g/mol. The van der Waals surface area contributed by atoms with Crippen LogP contribution in [0, 0.1) is 0 Å². The minimum absolute atomic E-state index is 0.206. The summed E-state index contributed by atoms with van der Waals surface area (Å²) in [6, 6.07) is 10.8. The molecule has 0 spiro atoms. The minimum Gasteiger partial charge on any atom is -0.349 e. The van der Waals surface area contributed by atoms with Gasteiger partial charge in [-0.1, -0.05) is 30.3 Å². The number of nitrogens with one attached hydrogen (secondary N) is 1. The molecule has 0 aromatic heterocycles. The fraction of sp³-hybridized carbons (Fsp3) is 0.533. The van der Waals surface area contributed by atoms with Crippen LogP contribution < -0.4 is 5.32 Å². The van der Waals surface area contributed by atoms with Crippen LogP contribution in [0.25, 0.3) is 0 Å². The summed E-state index contributed by atoms with van der Waals surface area (Å²) < 4.78 is 0. The zero-order valence-corrected chi connectivity index (χ0v) is 11.2. The molecule has 1 aliphatic heterocycles. The van der Waals surface area contributed by atoms with Crippen molar-refractivity contribution in [2.24, 2.45) is 0 Å². The average Bonchev–Trinajstić information content (AvgIpc) is 2.90. The predicted octanol–water partition coefficient (Wildman–Crippen LogP) is 2.00. The molecule has 0 aliphatic carbocycles. The first-order valence-corrected chi connectivity index (χ1v) is 6.67. The number of nitrogens with zero attached hydrogens (tertiary/aromatic N) is 1. The highest BCUT2D eigenvalue weighted by Crippen LogP contribution is 2.28. The predicted molar refractivity (Wildman–Crippen MR) is 73.5 cm³/mol. The molecule has 1 aromatic rings. The van der Waals surface area contributed by atoms with Gasteiger partial charge in [0, 0.05) is 32.5 Å². The van der Waals surface area contributed by atoms with E-state index in [0.717, 1.165) is 6.54 Å². The van der Waals surface area contributed by atoms with Crippen LogP contribution in [0.3, 0.4) is 0 Å². The molecule has 1 aromatic carbocycles. The van der Waals surface area contributed by atoms with E-state index in [2.05, 4.69) is 29.6 Å². The molecule has 0 radical (unpaired) electrons. The van der Waals surface area contributed by atoms with Crippen LogP contribution in [0.1, 0.15) is 30.7 Å². The van der Waals surface area contributed by atoms with Crippen LogP contribution in [0.4, 0.5) is 0 Å². The number of hydrogen-bond acceptors (Lipinski definition) is 2. The highest BCUT2D eigenvalue weighted by Gasteiger charge is 2.28. The van der Waals surface area contributed by atoms with Crippen molar-refractivity contribution in [1.29, 1.82) is 0 Å². The summed E-state index contributed by atoms with van der Waals surface area (Å²) in [5, 5.41) is 3.53. The summed E-state index contributed by atoms with van der Waals surface area (Å²) in [6.45, 7) is 1.07. The number of benzene rings is 1. The molecule has 1 heterocycles. The van der Waals surface area contributed by atoms with Crippen LogP contribution in [0.5, 0.6) is 0 Å². The number of carbonyl (C=O) groups excluding carboxylic acids is 1. The van der Waals surface area contributed by atoms with Gasteiger partial charge in [0.2, 0.25) is 5.91 Å². The molecular weight excluding hydrogens is 224 g/mol. The Balaban J connectivity index is 2.15. The van der Waals surface area contributed by atoms with Gasteiger partial charge in [-0.15, -0.1) is 0 Å². The highest BCUT2D eigenvalue weighted by molar-refractivity contribution is 5.76. The molecule has 2 atom stereocenters. The van der Waals surface area contributed by atoms with Gasteiger partial charge in [0.1, 0.15) is 0 Å². The van der Waals surface area contributed by atoms with Gasteiger partial charge < -0.3 is 10.2 Å². The van der Waals surface area contributed by atoms with Crippen molar-refractivity contribution in [1.82, 2.24) is 10.2 Å². The van der Waals surface area contributed by atoms with Crippen LogP contribution in [0.15, 0.2) is 30.3 Å². The van der Waals surface area contributed by atoms with Gasteiger partial charge in [-0.3, -0.25) is 4.79 Å². The summed E-state index contributed by atoms with van der Waals surface area (Å²) in [5.41, 5.74) is 1.27. The van der Waals surface area contributed by atoms with Crippen LogP contribution in [-0.4, -0.2) is 37.5 Å². The Kier molecular flexibility index (Phi) is 4.37. The maximum atomic E-state index is 12.0. The third-order valence-electron chi connectivity index (χ3n) is 3.71. The Morgan fingerprint density at radius 1 is 1.39 bits per heavy atom. The first-order chi connectivity index (χ1) is 8.68. The Morgan fingerprint density at radius 3 is 2.67 bits per heavy atom. The normalized spacial score (nSPS) is 20.7. The van der Waals surface area contributed by atoms with E-state index >= 15 is 0 Å². The van der Waals surface area contributed by atoms with E-state index in [4.69, 9.17) is 0 Å². The molecule has 98 valence electrons. The number of rotatable bonds is 4. The molecule has 1 fully saturated rings.